The zero-order valence-corrected chi connectivity index (χ0v) is 12.4. The van der Waals surface area contributed by atoms with Crippen molar-refractivity contribution in [2.24, 2.45) is 11.7 Å². The summed E-state index contributed by atoms with van der Waals surface area (Å²) in [5.41, 5.74) is 7.27. The Morgan fingerprint density at radius 2 is 1.89 bits per heavy atom. The van der Waals surface area contributed by atoms with E-state index in [1.807, 2.05) is 11.8 Å². The minimum absolute atomic E-state index is 0.655. The largest absolute Gasteiger partial charge is 0.330 e. The summed E-state index contributed by atoms with van der Waals surface area (Å²) in [7, 11) is 0. The number of benzene rings is 1. The molecule has 0 aliphatic heterocycles. The van der Waals surface area contributed by atoms with Crippen LogP contribution in [0.2, 0.25) is 0 Å². The lowest BCUT2D eigenvalue weighted by molar-refractivity contribution is 0.253. The van der Waals surface area contributed by atoms with Gasteiger partial charge in [0, 0.05) is 10.1 Å². The van der Waals surface area contributed by atoms with Crippen LogP contribution in [0.15, 0.2) is 29.2 Å². The minimum Gasteiger partial charge on any atom is -0.330 e. The molecule has 1 saturated carbocycles. The van der Waals surface area contributed by atoms with Crippen LogP contribution >= 0.6 is 11.8 Å². The van der Waals surface area contributed by atoms with Gasteiger partial charge in [0.15, 0.2) is 0 Å². The average Bonchev–Trinajstić information content (AvgIpc) is 2.26. The smallest absolute Gasteiger partial charge is 0.00747 e. The van der Waals surface area contributed by atoms with Crippen molar-refractivity contribution in [3.05, 3.63) is 29.8 Å². The highest BCUT2D eigenvalue weighted by Gasteiger charge is 2.27. The molecule has 100 valence electrons. The van der Waals surface area contributed by atoms with E-state index in [4.69, 9.17) is 5.73 Å². The van der Waals surface area contributed by atoms with Crippen molar-refractivity contribution < 1.29 is 0 Å². The molecule has 1 atom stereocenters. The van der Waals surface area contributed by atoms with Crippen LogP contribution in [0, 0.1) is 5.92 Å². The third kappa shape index (κ3) is 3.52. The number of thioether (sulfide) groups is 1. The first-order valence-corrected chi connectivity index (χ1v) is 8.05. The van der Waals surface area contributed by atoms with Crippen molar-refractivity contribution in [1.82, 2.24) is 0 Å². The molecule has 1 aromatic carbocycles. The van der Waals surface area contributed by atoms with E-state index < -0.39 is 0 Å². The SMILES string of the molecule is CC(C)Sc1ccc(C(CCN)C2CCC2)cc1. The second kappa shape index (κ2) is 6.63. The normalized spacial score (nSPS) is 17.8. The fourth-order valence-corrected chi connectivity index (χ4v) is 3.60. The number of nitrogens with two attached hydrogens (primary N) is 1. The van der Waals surface area contributed by atoms with E-state index in [0.29, 0.717) is 11.2 Å². The molecule has 0 radical (unpaired) electrons. The van der Waals surface area contributed by atoms with Crippen molar-refractivity contribution in [3.63, 3.8) is 0 Å². The summed E-state index contributed by atoms with van der Waals surface area (Å²) in [6, 6.07) is 9.21. The van der Waals surface area contributed by atoms with Gasteiger partial charge in [-0.05, 0) is 55.3 Å². The molecule has 0 bridgehead atoms. The van der Waals surface area contributed by atoms with Crippen molar-refractivity contribution in [2.75, 3.05) is 6.54 Å². The third-order valence-corrected chi connectivity index (χ3v) is 4.89. The quantitative estimate of drug-likeness (QED) is 0.769. The molecule has 1 fully saturated rings. The summed E-state index contributed by atoms with van der Waals surface area (Å²) in [4.78, 5) is 1.38. The van der Waals surface area contributed by atoms with E-state index in [2.05, 4.69) is 38.1 Å². The maximum absolute atomic E-state index is 5.78. The van der Waals surface area contributed by atoms with Gasteiger partial charge in [-0.15, -0.1) is 11.8 Å². The predicted octanol–water partition coefficient (Wildman–Crippen LogP) is 4.42. The monoisotopic (exact) mass is 263 g/mol. The highest BCUT2D eigenvalue weighted by molar-refractivity contribution is 7.99. The van der Waals surface area contributed by atoms with Gasteiger partial charge in [0.1, 0.15) is 0 Å². The Labute approximate surface area is 116 Å². The highest BCUT2D eigenvalue weighted by atomic mass is 32.2. The zero-order valence-electron chi connectivity index (χ0n) is 11.6. The van der Waals surface area contributed by atoms with Crippen molar-refractivity contribution in [3.8, 4) is 0 Å². The van der Waals surface area contributed by atoms with Crippen molar-refractivity contribution >= 4 is 11.8 Å². The Balaban J connectivity index is 2.05. The molecule has 1 nitrogen and oxygen atoms in total. The molecule has 1 aromatic rings. The summed E-state index contributed by atoms with van der Waals surface area (Å²) in [5.74, 6) is 1.58. The van der Waals surface area contributed by atoms with E-state index in [1.54, 1.807) is 0 Å². The van der Waals surface area contributed by atoms with Crippen molar-refractivity contribution in [1.29, 1.82) is 0 Å². The average molecular weight is 263 g/mol. The predicted molar refractivity (Wildman–Crippen MR) is 81.2 cm³/mol. The molecule has 0 heterocycles. The number of hydrogen-bond donors (Lipinski definition) is 1. The van der Waals surface area contributed by atoms with Crippen LogP contribution in [-0.4, -0.2) is 11.8 Å². The van der Waals surface area contributed by atoms with Crippen LogP contribution in [-0.2, 0) is 0 Å². The summed E-state index contributed by atoms with van der Waals surface area (Å²) >= 11 is 1.94. The summed E-state index contributed by atoms with van der Waals surface area (Å²) < 4.78 is 0. The lowest BCUT2D eigenvalue weighted by Gasteiger charge is -2.34. The van der Waals surface area contributed by atoms with Crippen LogP contribution in [0.25, 0.3) is 0 Å². The first kappa shape index (κ1) is 14.0. The van der Waals surface area contributed by atoms with Gasteiger partial charge in [0.25, 0.3) is 0 Å². The first-order chi connectivity index (χ1) is 8.70. The molecule has 0 aromatic heterocycles. The van der Waals surface area contributed by atoms with Gasteiger partial charge in [0.2, 0.25) is 0 Å². The molecule has 2 rings (SSSR count). The molecule has 2 N–H and O–H groups in total. The highest BCUT2D eigenvalue weighted by Crippen LogP contribution is 2.41. The molecule has 2 heteroatoms. The molecule has 0 spiro atoms. The van der Waals surface area contributed by atoms with Crippen LogP contribution in [0.5, 0.6) is 0 Å². The third-order valence-electron chi connectivity index (χ3n) is 3.88. The van der Waals surface area contributed by atoms with Crippen molar-refractivity contribution in [2.45, 2.75) is 55.6 Å². The Morgan fingerprint density at radius 1 is 1.22 bits per heavy atom. The Bertz CT molecular complexity index is 354. The Morgan fingerprint density at radius 3 is 2.33 bits per heavy atom. The second-order valence-corrected chi connectivity index (χ2v) is 7.26. The van der Waals surface area contributed by atoms with Gasteiger partial charge < -0.3 is 5.73 Å². The first-order valence-electron chi connectivity index (χ1n) is 7.17. The minimum atomic E-state index is 0.655. The van der Waals surface area contributed by atoms with Gasteiger partial charge in [-0.3, -0.25) is 0 Å². The number of hydrogen-bond acceptors (Lipinski definition) is 2. The lowest BCUT2D eigenvalue weighted by atomic mass is 9.72. The molecular weight excluding hydrogens is 238 g/mol. The van der Waals surface area contributed by atoms with E-state index in [0.717, 1.165) is 18.9 Å². The molecule has 18 heavy (non-hydrogen) atoms. The van der Waals surface area contributed by atoms with Crippen LogP contribution < -0.4 is 5.73 Å². The topological polar surface area (TPSA) is 26.0 Å². The van der Waals surface area contributed by atoms with E-state index in [-0.39, 0.29) is 0 Å². The molecule has 0 amide bonds. The standard InChI is InChI=1S/C16H25NS/c1-12(2)18-15-8-6-14(7-9-15)16(10-11-17)13-4-3-5-13/h6-9,12-13,16H,3-5,10-11,17H2,1-2H3. The van der Waals surface area contributed by atoms with Gasteiger partial charge in [-0.2, -0.15) is 0 Å². The van der Waals surface area contributed by atoms with E-state index in [9.17, 15) is 0 Å². The fourth-order valence-electron chi connectivity index (χ4n) is 2.76. The van der Waals surface area contributed by atoms with Gasteiger partial charge in [0.05, 0.1) is 0 Å². The summed E-state index contributed by atoms with van der Waals surface area (Å²) in [6.07, 6.45) is 5.34. The second-order valence-electron chi connectivity index (χ2n) is 5.61. The maximum Gasteiger partial charge on any atom is 0.00747 e. The lowest BCUT2D eigenvalue weighted by Crippen LogP contribution is -2.22. The molecule has 1 unspecified atom stereocenters. The molecule has 0 saturated heterocycles. The van der Waals surface area contributed by atoms with Gasteiger partial charge in [-0.25, -0.2) is 0 Å². The van der Waals surface area contributed by atoms with Gasteiger partial charge in [-0.1, -0.05) is 32.4 Å². The fraction of sp³-hybridized carbons (Fsp3) is 0.625. The molecule has 1 aliphatic carbocycles. The molecule has 1 aliphatic rings. The van der Waals surface area contributed by atoms with E-state index in [1.165, 1.54) is 29.7 Å². The summed E-state index contributed by atoms with van der Waals surface area (Å²) in [6.45, 7) is 5.29. The summed E-state index contributed by atoms with van der Waals surface area (Å²) in [5, 5.41) is 0.655. The van der Waals surface area contributed by atoms with Crippen LogP contribution in [0.3, 0.4) is 0 Å². The number of rotatable bonds is 6. The maximum atomic E-state index is 5.78. The van der Waals surface area contributed by atoms with Crippen LogP contribution in [0.4, 0.5) is 0 Å². The van der Waals surface area contributed by atoms with E-state index >= 15 is 0 Å². The Kier molecular flexibility index (Phi) is 5.13. The van der Waals surface area contributed by atoms with Gasteiger partial charge >= 0.3 is 0 Å². The zero-order chi connectivity index (χ0) is 13.0. The van der Waals surface area contributed by atoms with Crippen LogP contribution in [0.1, 0.15) is 51.0 Å². The molecular formula is C16H25NS. The Hall–Kier alpha value is -0.470.